The number of carbonyl (C=O) groups is 1. The fourth-order valence-corrected chi connectivity index (χ4v) is 4.30. The lowest BCUT2D eigenvalue weighted by molar-refractivity contribution is -0.384. The average molecular weight is 565 g/mol. The van der Waals surface area contributed by atoms with Crippen LogP contribution < -0.4 is 4.18 Å². The van der Waals surface area contributed by atoms with Crippen LogP contribution in [0, 0.1) is 10.1 Å². The lowest BCUT2D eigenvalue weighted by atomic mass is 10.1. The number of halogens is 3. The van der Waals surface area contributed by atoms with E-state index < -0.39 is 31.7 Å². The van der Waals surface area contributed by atoms with Gasteiger partial charge in [-0.05, 0) is 59.7 Å². The van der Waals surface area contributed by atoms with Gasteiger partial charge in [0.1, 0.15) is 10.6 Å². The van der Waals surface area contributed by atoms with Gasteiger partial charge in [-0.2, -0.15) is 21.6 Å². The van der Waals surface area contributed by atoms with Crippen molar-refractivity contribution in [3.05, 3.63) is 106 Å². The Hall–Kier alpha value is -4.23. The van der Waals surface area contributed by atoms with Crippen molar-refractivity contribution in [1.82, 2.24) is 4.90 Å². The van der Waals surface area contributed by atoms with Gasteiger partial charge in [-0.1, -0.05) is 18.2 Å². The average Bonchev–Trinajstić information content (AvgIpc) is 2.90. The quantitative estimate of drug-likeness (QED) is 0.138. The van der Waals surface area contributed by atoms with Gasteiger partial charge >= 0.3 is 16.3 Å². The third kappa shape index (κ3) is 8.38. The number of nitrogens with zero attached hydrogens (tertiary/aromatic N) is 2. The largest absolute Gasteiger partial charge is 0.416 e. The zero-order chi connectivity index (χ0) is 28.6. The summed E-state index contributed by atoms with van der Waals surface area (Å²) >= 11 is 0. The van der Waals surface area contributed by atoms with Crippen LogP contribution in [-0.2, 0) is 32.4 Å². The molecule has 0 fully saturated rings. The number of nitro benzene ring substituents is 1. The summed E-state index contributed by atoms with van der Waals surface area (Å²) in [5, 5.41) is 10.8. The first-order valence-corrected chi connectivity index (χ1v) is 12.7. The molecule has 0 N–H and O–H groups in total. The Morgan fingerprint density at radius 3 is 2.31 bits per heavy atom. The molecule has 0 saturated carbocycles. The van der Waals surface area contributed by atoms with Crippen molar-refractivity contribution in [1.29, 1.82) is 0 Å². The maximum Gasteiger partial charge on any atom is 0.416 e. The topological polar surface area (TPSA) is 116 Å². The van der Waals surface area contributed by atoms with E-state index in [1.54, 1.807) is 0 Å². The number of carbonyl (C=O) groups excluding carboxylic acids is 1. The number of rotatable bonds is 11. The predicted molar refractivity (Wildman–Crippen MR) is 135 cm³/mol. The number of methoxy groups -OCH3 is 1. The lowest BCUT2D eigenvalue weighted by Crippen LogP contribution is -2.32. The zero-order valence-corrected chi connectivity index (χ0v) is 21.3. The van der Waals surface area contributed by atoms with Crippen molar-refractivity contribution in [2.45, 2.75) is 17.6 Å². The molecule has 3 aromatic carbocycles. The van der Waals surface area contributed by atoms with Crippen molar-refractivity contribution in [3.8, 4) is 5.75 Å². The highest BCUT2D eigenvalue weighted by Gasteiger charge is 2.32. The van der Waals surface area contributed by atoms with Crippen LogP contribution in [-0.4, -0.2) is 44.4 Å². The molecule has 39 heavy (non-hydrogen) atoms. The number of nitro groups is 1. The van der Waals surface area contributed by atoms with Crippen molar-refractivity contribution < 1.29 is 40.2 Å². The first-order valence-electron chi connectivity index (χ1n) is 11.3. The Kier molecular flexibility index (Phi) is 9.43. The molecule has 0 atom stereocenters. The fourth-order valence-electron chi connectivity index (χ4n) is 3.32. The van der Waals surface area contributed by atoms with Gasteiger partial charge in [0.25, 0.3) is 5.69 Å². The van der Waals surface area contributed by atoms with E-state index in [-0.39, 0.29) is 37.0 Å². The van der Waals surface area contributed by atoms with E-state index in [2.05, 4.69) is 0 Å². The molecule has 0 heterocycles. The third-order valence-electron chi connectivity index (χ3n) is 5.35. The second kappa shape index (κ2) is 12.5. The molecule has 0 aliphatic rings. The Balaban J connectivity index is 1.70. The minimum Gasteiger partial charge on any atom is -0.383 e. The van der Waals surface area contributed by atoms with Gasteiger partial charge < -0.3 is 13.8 Å². The zero-order valence-electron chi connectivity index (χ0n) is 20.5. The standard InChI is InChI=1S/C26H23F3N2O7S/c1-37-16-15-30(25(32)14-9-19-5-10-22(11-6-19)31(33)34)18-20-7-12-23(13-8-20)38-39(35,36)24-4-2-3-21(17-24)26(27,28)29/h2-14,17H,15-16,18H2,1H3. The van der Waals surface area contributed by atoms with Crippen LogP contribution in [0.15, 0.2) is 83.8 Å². The Morgan fingerprint density at radius 2 is 1.72 bits per heavy atom. The van der Waals surface area contributed by atoms with Crippen LogP contribution in [0.4, 0.5) is 18.9 Å². The molecule has 0 saturated heterocycles. The molecule has 0 aliphatic heterocycles. The summed E-state index contributed by atoms with van der Waals surface area (Å²) in [4.78, 5) is 23.9. The fraction of sp³-hybridized carbons (Fsp3) is 0.192. The van der Waals surface area contributed by atoms with E-state index in [0.717, 1.165) is 18.2 Å². The number of amides is 1. The molecule has 0 spiro atoms. The predicted octanol–water partition coefficient (Wildman–Crippen LogP) is 5.07. The van der Waals surface area contributed by atoms with Crippen molar-refractivity contribution in [2.75, 3.05) is 20.3 Å². The molecule has 0 unspecified atom stereocenters. The van der Waals surface area contributed by atoms with Gasteiger partial charge in [0.05, 0.1) is 17.1 Å². The smallest absolute Gasteiger partial charge is 0.383 e. The van der Waals surface area contributed by atoms with Crippen LogP contribution in [0.25, 0.3) is 6.08 Å². The summed E-state index contributed by atoms with van der Waals surface area (Å²) in [5.74, 6) is -0.484. The van der Waals surface area contributed by atoms with Crippen LogP contribution >= 0.6 is 0 Å². The maximum atomic E-state index is 12.9. The lowest BCUT2D eigenvalue weighted by Gasteiger charge is -2.21. The van der Waals surface area contributed by atoms with Gasteiger partial charge in [0.15, 0.2) is 0 Å². The van der Waals surface area contributed by atoms with E-state index in [0.29, 0.717) is 17.2 Å². The summed E-state index contributed by atoms with van der Waals surface area (Å²) in [6.45, 7) is 0.614. The molecular formula is C26H23F3N2O7S. The van der Waals surface area contributed by atoms with Crippen LogP contribution in [0.1, 0.15) is 16.7 Å². The van der Waals surface area contributed by atoms with Crippen molar-refractivity contribution >= 4 is 27.8 Å². The highest BCUT2D eigenvalue weighted by atomic mass is 32.2. The number of benzene rings is 3. The summed E-state index contributed by atoms with van der Waals surface area (Å²) in [7, 11) is -3.05. The normalized spacial score (nSPS) is 11.9. The molecule has 3 rings (SSSR count). The van der Waals surface area contributed by atoms with Crippen molar-refractivity contribution in [2.24, 2.45) is 0 Å². The van der Waals surface area contributed by atoms with Crippen LogP contribution in [0.2, 0.25) is 0 Å². The van der Waals surface area contributed by atoms with E-state index in [1.165, 1.54) is 72.7 Å². The van der Waals surface area contributed by atoms with Crippen LogP contribution in [0.5, 0.6) is 5.75 Å². The van der Waals surface area contributed by atoms with Crippen molar-refractivity contribution in [3.63, 3.8) is 0 Å². The van der Waals surface area contributed by atoms with Gasteiger partial charge in [-0.15, -0.1) is 0 Å². The molecular weight excluding hydrogens is 541 g/mol. The third-order valence-corrected chi connectivity index (χ3v) is 6.60. The van der Waals surface area contributed by atoms with E-state index in [1.807, 2.05) is 0 Å². The second-order valence-electron chi connectivity index (χ2n) is 8.14. The SMILES string of the molecule is COCCN(Cc1ccc(OS(=O)(=O)c2cccc(C(F)(F)F)c2)cc1)C(=O)C=Cc1ccc([N+](=O)[O-])cc1. The Bertz CT molecular complexity index is 1440. The van der Waals surface area contributed by atoms with Crippen LogP contribution in [0.3, 0.4) is 0 Å². The molecule has 0 aromatic heterocycles. The van der Waals surface area contributed by atoms with Gasteiger partial charge in [0.2, 0.25) is 5.91 Å². The Morgan fingerprint density at radius 1 is 1.05 bits per heavy atom. The molecule has 0 radical (unpaired) electrons. The number of alkyl halides is 3. The number of hydrogen-bond donors (Lipinski definition) is 0. The second-order valence-corrected chi connectivity index (χ2v) is 9.69. The first kappa shape index (κ1) is 29.3. The first-order chi connectivity index (χ1) is 18.4. The summed E-state index contributed by atoms with van der Waals surface area (Å²) < 4.78 is 73.9. The maximum absolute atomic E-state index is 12.9. The molecule has 1 amide bonds. The van der Waals surface area contributed by atoms with Gasteiger partial charge in [-0.25, -0.2) is 0 Å². The molecule has 13 heteroatoms. The minimum absolute atomic E-state index is 0.0738. The van der Waals surface area contributed by atoms with Gasteiger partial charge in [0, 0.05) is 38.4 Å². The number of non-ortho nitro benzene ring substituents is 1. The number of ether oxygens (including phenoxy) is 1. The highest BCUT2D eigenvalue weighted by molar-refractivity contribution is 7.87. The molecule has 3 aromatic rings. The molecule has 0 aliphatic carbocycles. The Labute approximate surface area is 222 Å². The molecule has 9 nitrogen and oxygen atoms in total. The number of hydrogen-bond acceptors (Lipinski definition) is 7. The molecule has 206 valence electrons. The van der Waals surface area contributed by atoms with Gasteiger partial charge in [-0.3, -0.25) is 14.9 Å². The van der Waals surface area contributed by atoms with E-state index >= 15 is 0 Å². The summed E-state index contributed by atoms with van der Waals surface area (Å²) in [6.07, 6.45) is -1.88. The summed E-state index contributed by atoms with van der Waals surface area (Å²) in [5.41, 5.74) is 0.0114. The van der Waals surface area contributed by atoms with E-state index in [9.17, 15) is 36.5 Å². The molecule has 0 bridgehead atoms. The highest BCUT2D eigenvalue weighted by Crippen LogP contribution is 2.31. The minimum atomic E-state index is -4.71. The summed E-state index contributed by atoms with van der Waals surface area (Å²) in [6, 6.07) is 14.6. The monoisotopic (exact) mass is 564 g/mol. The van der Waals surface area contributed by atoms with E-state index in [4.69, 9.17) is 8.92 Å².